The third kappa shape index (κ3) is 13.1. The fourth-order valence-electron chi connectivity index (χ4n) is 2.81. The lowest BCUT2D eigenvalue weighted by Crippen LogP contribution is -2.56. The van der Waals surface area contributed by atoms with Gasteiger partial charge in [-0.25, -0.2) is 4.79 Å². The van der Waals surface area contributed by atoms with Gasteiger partial charge < -0.3 is 20.7 Å². The number of alkyl carbamates (subject to hydrolysis) is 1. The minimum Gasteiger partial charge on any atom is -0.444 e. The van der Waals surface area contributed by atoms with Crippen LogP contribution in [0.25, 0.3) is 0 Å². The Kier molecular flexibility index (Phi) is 12.6. The predicted molar refractivity (Wildman–Crippen MR) is 117 cm³/mol. The minimum atomic E-state index is -0.761. The van der Waals surface area contributed by atoms with Crippen LogP contribution in [0, 0.1) is 11.8 Å². The standard InChI is InChI=1S/C22H43N3O4/c1-9-10-11-12-13-23-20(27)18(16(4)5)25-19(26)17(14-15(2)3)24-21(28)29-22(6,7)8/h15-18H,9-14H2,1-8H3,(H,23,27)(H,24,28)(H,25,26)/t17-,18?/m0/s1. The van der Waals surface area contributed by atoms with Crippen molar-refractivity contribution < 1.29 is 19.1 Å². The van der Waals surface area contributed by atoms with Gasteiger partial charge >= 0.3 is 6.09 Å². The minimum absolute atomic E-state index is 0.0733. The molecule has 0 aliphatic heterocycles. The quantitative estimate of drug-likeness (QED) is 0.424. The van der Waals surface area contributed by atoms with Gasteiger partial charge in [0.25, 0.3) is 0 Å². The van der Waals surface area contributed by atoms with E-state index in [1.54, 1.807) is 20.8 Å². The molecule has 3 amide bonds. The van der Waals surface area contributed by atoms with Crippen LogP contribution >= 0.6 is 0 Å². The lowest BCUT2D eigenvalue weighted by atomic mass is 10.00. The number of nitrogens with one attached hydrogen (secondary N) is 3. The van der Waals surface area contributed by atoms with Crippen LogP contribution in [-0.4, -0.2) is 42.1 Å². The molecule has 0 rings (SSSR count). The highest BCUT2D eigenvalue weighted by atomic mass is 16.6. The van der Waals surface area contributed by atoms with E-state index >= 15 is 0 Å². The first-order valence-electron chi connectivity index (χ1n) is 10.9. The third-order valence-electron chi connectivity index (χ3n) is 4.29. The maximum Gasteiger partial charge on any atom is 0.408 e. The first-order chi connectivity index (χ1) is 13.4. The first-order valence-corrected chi connectivity index (χ1v) is 10.9. The van der Waals surface area contributed by atoms with Gasteiger partial charge in [0.05, 0.1) is 0 Å². The zero-order valence-electron chi connectivity index (χ0n) is 19.7. The second kappa shape index (κ2) is 13.4. The molecule has 29 heavy (non-hydrogen) atoms. The van der Waals surface area contributed by atoms with Crippen LogP contribution in [0.4, 0.5) is 4.79 Å². The van der Waals surface area contributed by atoms with Crippen molar-refractivity contribution in [3.63, 3.8) is 0 Å². The Morgan fingerprint density at radius 1 is 0.897 bits per heavy atom. The molecule has 0 saturated heterocycles. The maximum absolute atomic E-state index is 12.9. The van der Waals surface area contributed by atoms with Crippen molar-refractivity contribution in [1.82, 2.24) is 16.0 Å². The van der Waals surface area contributed by atoms with E-state index in [4.69, 9.17) is 4.74 Å². The molecule has 0 aliphatic carbocycles. The number of carbonyl (C=O) groups is 3. The van der Waals surface area contributed by atoms with Crippen LogP contribution < -0.4 is 16.0 Å². The predicted octanol–water partition coefficient (Wildman–Crippen LogP) is 3.76. The van der Waals surface area contributed by atoms with E-state index in [1.165, 1.54) is 0 Å². The maximum atomic E-state index is 12.9. The molecule has 0 aromatic rings. The Balaban J connectivity index is 4.96. The normalized spacial score (nSPS) is 13.7. The van der Waals surface area contributed by atoms with Gasteiger partial charge in [-0.2, -0.15) is 0 Å². The fourth-order valence-corrected chi connectivity index (χ4v) is 2.81. The van der Waals surface area contributed by atoms with Crippen molar-refractivity contribution >= 4 is 17.9 Å². The van der Waals surface area contributed by atoms with Crippen LogP contribution in [0.2, 0.25) is 0 Å². The second-order valence-corrected chi connectivity index (χ2v) is 9.41. The topological polar surface area (TPSA) is 96.5 Å². The largest absolute Gasteiger partial charge is 0.444 e. The molecule has 0 heterocycles. The molecule has 0 aliphatic rings. The van der Waals surface area contributed by atoms with Crippen molar-refractivity contribution in [1.29, 1.82) is 0 Å². The van der Waals surface area contributed by atoms with Crippen molar-refractivity contribution in [2.24, 2.45) is 11.8 Å². The van der Waals surface area contributed by atoms with E-state index < -0.39 is 23.8 Å². The van der Waals surface area contributed by atoms with E-state index in [-0.39, 0.29) is 23.7 Å². The third-order valence-corrected chi connectivity index (χ3v) is 4.29. The molecule has 3 N–H and O–H groups in total. The van der Waals surface area contributed by atoms with Gasteiger partial charge in [0, 0.05) is 6.54 Å². The van der Waals surface area contributed by atoms with Crippen molar-refractivity contribution in [2.75, 3.05) is 6.54 Å². The highest BCUT2D eigenvalue weighted by Gasteiger charge is 2.30. The van der Waals surface area contributed by atoms with E-state index in [2.05, 4.69) is 22.9 Å². The SMILES string of the molecule is CCCCCCNC(=O)C(NC(=O)[C@H](CC(C)C)NC(=O)OC(C)(C)C)C(C)C. The van der Waals surface area contributed by atoms with Crippen molar-refractivity contribution in [3.05, 3.63) is 0 Å². The first kappa shape index (κ1) is 27.2. The summed E-state index contributed by atoms with van der Waals surface area (Å²) in [5.41, 5.74) is -0.652. The highest BCUT2D eigenvalue weighted by Crippen LogP contribution is 2.11. The number of rotatable bonds is 12. The Labute approximate surface area is 177 Å². The van der Waals surface area contributed by atoms with Gasteiger partial charge in [0.1, 0.15) is 17.7 Å². The van der Waals surface area contributed by atoms with E-state index in [0.717, 1.165) is 25.7 Å². The Hall–Kier alpha value is -1.79. The molecule has 0 radical (unpaired) electrons. The zero-order chi connectivity index (χ0) is 22.6. The van der Waals surface area contributed by atoms with Crippen LogP contribution in [0.3, 0.4) is 0 Å². The zero-order valence-corrected chi connectivity index (χ0v) is 19.7. The highest BCUT2D eigenvalue weighted by molar-refractivity contribution is 5.91. The summed E-state index contributed by atoms with van der Waals surface area (Å²) in [6.45, 7) is 15.8. The molecule has 1 unspecified atom stereocenters. The summed E-state index contributed by atoms with van der Waals surface area (Å²) in [4.78, 5) is 37.6. The van der Waals surface area contributed by atoms with Gasteiger partial charge in [-0.05, 0) is 45.4 Å². The molecular weight excluding hydrogens is 370 g/mol. The van der Waals surface area contributed by atoms with Crippen molar-refractivity contribution in [2.45, 2.75) is 105 Å². The molecule has 0 saturated carbocycles. The summed E-state index contributed by atoms with van der Waals surface area (Å²) in [6.07, 6.45) is 4.10. The Morgan fingerprint density at radius 2 is 1.52 bits per heavy atom. The monoisotopic (exact) mass is 413 g/mol. The summed E-state index contributed by atoms with van der Waals surface area (Å²) >= 11 is 0. The smallest absolute Gasteiger partial charge is 0.408 e. The van der Waals surface area contributed by atoms with Crippen molar-refractivity contribution in [3.8, 4) is 0 Å². The van der Waals surface area contributed by atoms with E-state index in [1.807, 2.05) is 27.7 Å². The van der Waals surface area contributed by atoms with Gasteiger partial charge in [0.15, 0.2) is 0 Å². The lowest BCUT2D eigenvalue weighted by molar-refractivity contribution is -0.131. The van der Waals surface area contributed by atoms with Crippen LogP contribution in [0.5, 0.6) is 0 Å². The molecule has 0 spiro atoms. The Bertz CT molecular complexity index is 513. The Morgan fingerprint density at radius 3 is 2.00 bits per heavy atom. The summed E-state index contributed by atoms with van der Waals surface area (Å²) < 4.78 is 5.28. The molecule has 7 heteroatoms. The lowest BCUT2D eigenvalue weighted by Gasteiger charge is -2.27. The summed E-state index contributed by atoms with van der Waals surface area (Å²) in [5.74, 6) is -0.448. The number of unbranched alkanes of at least 4 members (excludes halogenated alkanes) is 3. The van der Waals surface area contributed by atoms with E-state index in [9.17, 15) is 14.4 Å². The molecule has 0 fully saturated rings. The molecule has 0 aromatic carbocycles. The van der Waals surface area contributed by atoms with Crippen LogP contribution in [-0.2, 0) is 14.3 Å². The number of ether oxygens (including phenoxy) is 1. The number of carbonyl (C=O) groups excluding carboxylic acids is 3. The summed E-state index contributed by atoms with van der Waals surface area (Å²) in [6, 6.07) is -1.41. The van der Waals surface area contributed by atoms with Gasteiger partial charge in [-0.1, -0.05) is 53.9 Å². The average Bonchev–Trinajstić information content (AvgIpc) is 2.56. The average molecular weight is 414 g/mol. The number of hydrogen-bond donors (Lipinski definition) is 3. The molecule has 0 aromatic heterocycles. The molecule has 170 valence electrons. The molecule has 0 bridgehead atoms. The summed E-state index contributed by atoms with van der Waals surface area (Å²) in [5, 5.41) is 8.38. The molecule has 7 nitrogen and oxygen atoms in total. The fraction of sp³-hybridized carbons (Fsp3) is 0.864. The van der Waals surface area contributed by atoms with Crippen LogP contribution in [0.1, 0.15) is 87.5 Å². The van der Waals surface area contributed by atoms with Gasteiger partial charge in [0.2, 0.25) is 11.8 Å². The number of hydrogen-bond acceptors (Lipinski definition) is 4. The van der Waals surface area contributed by atoms with E-state index in [0.29, 0.717) is 13.0 Å². The molecular formula is C22H43N3O4. The van der Waals surface area contributed by atoms with Gasteiger partial charge in [-0.15, -0.1) is 0 Å². The summed E-state index contributed by atoms with van der Waals surface area (Å²) in [7, 11) is 0. The number of amides is 3. The molecule has 2 atom stereocenters. The van der Waals surface area contributed by atoms with Crippen LogP contribution in [0.15, 0.2) is 0 Å². The van der Waals surface area contributed by atoms with Gasteiger partial charge in [-0.3, -0.25) is 9.59 Å². The second-order valence-electron chi connectivity index (χ2n) is 9.41.